The smallest absolute Gasteiger partial charge is 0.321 e. The average molecular weight is 420 g/mol. The Hall–Kier alpha value is -3.94. The highest BCUT2D eigenvalue weighted by molar-refractivity contribution is 5.94. The molecule has 1 aromatic heterocycles. The van der Waals surface area contributed by atoms with Crippen LogP contribution in [0.4, 0.5) is 5.69 Å². The molecular weight excluding hydrogens is 396 g/mol. The number of hydrogen-bond acceptors (Lipinski definition) is 6. The molecule has 0 aliphatic heterocycles. The number of rotatable bonds is 9. The van der Waals surface area contributed by atoms with Gasteiger partial charge in [0.05, 0.1) is 7.11 Å². The van der Waals surface area contributed by atoms with Crippen LogP contribution in [0.3, 0.4) is 0 Å². The number of aryl methyl sites for hydroxylation is 1. The Morgan fingerprint density at radius 3 is 2.39 bits per heavy atom. The Bertz CT molecular complexity index is 1020. The van der Waals surface area contributed by atoms with E-state index in [0.717, 1.165) is 5.56 Å². The average Bonchev–Trinajstić information content (AvgIpc) is 2.79. The van der Waals surface area contributed by atoms with E-state index in [2.05, 4.69) is 20.6 Å². The van der Waals surface area contributed by atoms with Crippen molar-refractivity contribution in [2.45, 2.75) is 19.8 Å². The van der Waals surface area contributed by atoms with E-state index >= 15 is 0 Å². The number of nitrogens with zero attached hydrogens (tertiary/aromatic N) is 2. The molecule has 0 spiro atoms. The Morgan fingerprint density at radius 2 is 1.71 bits per heavy atom. The fourth-order valence-corrected chi connectivity index (χ4v) is 2.79. The zero-order valence-corrected chi connectivity index (χ0v) is 17.4. The summed E-state index contributed by atoms with van der Waals surface area (Å²) in [5, 5.41) is 5.69. The van der Waals surface area contributed by atoms with E-state index in [4.69, 9.17) is 9.47 Å². The summed E-state index contributed by atoms with van der Waals surface area (Å²) in [7, 11) is 1.57. The second kappa shape index (κ2) is 10.7. The predicted molar refractivity (Wildman–Crippen MR) is 116 cm³/mol. The second-order valence-electron chi connectivity index (χ2n) is 6.75. The molecule has 160 valence electrons. The summed E-state index contributed by atoms with van der Waals surface area (Å²) in [5.41, 5.74) is 2.10. The molecule has 0 atom stereocenters. The van der Waals surface area contributed by atoms with Crippen LogP contribution in [0, 0.1) is 6.92 Å². The molecule has 0 fully saturated rings. The molecule has 0 saturated carbocycles. The van der Waals surface area contributed by atoms with Gasteiger partial charge in [-0.15, -0.1) is 0 Å². The van der Waals surface area contributed by atoms with Gasteiger partial charge in [0.25, 0.3) is 5.91 Å². The van der Waals surface area contributed by atoms with Crippen LogP contribution in [0.2, 0.25) is 0 Å². The van der Waals surface area contributed by atoms with E-state index < -0.39 is 0 Å². The third-order valence-electron chi connectivity index (χ3n) is 4.44. The lowest BCUT2D eigenvalue weighted by Gasteiger charge is -2.11. The highest BCUT2D eigenvalue weighted by Gasteiger charge is 2.09. The molecule has 0 bridgehead atoms. The first-order valence-corrected chi connectivity index (χ1v) is 9.83. The molecule has 8 nitrogen and oxygen atoms in total. The monoisotopic (exact) mass is 420 g/mol. The van der Waals surface area contributed by atoms with Crippen LogP contribution in [0.25, 0.3) is 0 Å². The molecule has 0 radical (unpaired) electrons. The molecule has 1 heterocycles. The number of amides is 2. The van der Waals surface area contributed by atoms with Crippen LogP contribution in [-0.2, 0) is 4.79 Å². The summed E-state index contributed by atoms with van der Waals surface area (Å²) in [4.78, 5) is 32.4. The van der Waals surface area contributed by atoms with Gasteiger partial charge in [-0.3, -0.25) is 9.59 Å². The highest BCUT2D eigenvalue weighted by Crippen LogP contribution is 2.24. The number of aromatic nitrogens is 2. The SMILES string of the molecule is COc1ccc(C(=O)NCCCC(=O)Nc2ccc(Oc3ncccn3)cc2C)cc1. The lowest BCUT2D eigenvalue weighted by molar-refractivity contribution is -0.116. The van der Waals surface area contributed by atoms with Gasteiger partial charge in [-0.25, -0.2) is 9.97 Å². The highest BCUT2D eigenvalue weighted by atomic mass is 16.5. The van der Waals surface area contributed by atoms with Gasteiger partial charge < -0.3 is 20.1 Å². The number of methoxy groups -OCH3 is 1. The largest absolute Gasteiger partial charge is 0.497 e. The van der Waals surface area contributed by atoms with Crippen LogP contribution >= 0.6 is 0 Å². The number of carbonyl (C=O) groups excluding carboxylic acids is 2. The molecule has 8 heteroatoms. The molecule has 0 aliphatic rings. The Morgan fingerprint density at radius 1 is 1.00 bits per heavy atom. The van der Waals surface area contributed by atoms with Gasteiger partial charge in [-0.1, -0.05) is 0 Å². The van der Waals surface area contributed by atoms with Gasteiger partial charge in [-0.05, 0) is 67.4 Å². The molecule has 0 aliphatic carbocycles. The number of nitrogens with one attached hydrogen (secondary N) is 2. The Kier molecular flexibility index (Phi) is 7.53. The van der Waals surface area contributed by atoms with Gasteiger partial charge >= 0.3 is 6.01 Å². The third-order valence-corrected chi connectivity index (χ3v) is 4.44. The molecule has 2 N–H and O–H groups in total. The summed E-state index contributed by atoms with van der Waals surface area (Å²) in [5.74, 6) is 0.971. The van der Waals surface area contributed by atoms with E-state index in [0.29, 0.717) is 42.1 Å². The van der Waals surface area contributed by atoms with E-state index in [9.17, 15) is 9.59 Å². The lowest BCUT2D eigenvalue weighted by Crippen LogP contribution is -2.25. The first-order valence-electron chi connectivity index (χ1n) is 9.83. The molecular formula is C23H24N4O4. The maximum absolute atomic E-state index is 12.2. The lowest BCUT2D eigenvalue weighted by atomic mass is 10.1. The summed E-state index contributed by atoms with van der Waals surface area (Å²) >= 11 is 0. The maximum atomic E-state index is 12.2. The van der Waals surface area contributed by atoms with Crippen molar-refractivity contribution in [2.24, 2.45) is 0 Å². The molecule has 2 aromatic carbocycles. The van der Waals surface area contributed by atoms with Crippen molar-refractivity contribution in [3.05, 3.63) is 72.1 Å². The normalized spacial score (nSPS) is 10.3. The number of hydrogen-bond donors (Lipinski definition) is 2. The Labute approximate surface area is 180 Å². The van der Waals surface area contributed by atoms with Crippen molar-refractivity contribution in [3.8, 4) is 17.5 Å². The minimum absolute atomic E-state index is 0.123. The van der Waals surface area contributed by atoms with Gasteiger partial charge in [0.1, 0.15) is 11.5 Å². The molecule has 2 amide bonds. The number of benzene rings is 2. The molecule has 0 unspecified atom stereocenters. The zero-order valence-electron chi connectivity index (χ0n) is 17.4. The van der Waals surface area contributed by atoms with E-state index in [1.54, 1.807) is 68.0 Å². The first kappa shape index (κ1) is 21.8. The van der Waals surface area contributed by atoms with Crippen molar-refractivity contribution in [2.75, 3.05) is 19.0 Å². The van der Waals surface area contributed by atoms with Gasteiger partial charge in [0.15, 0.2) is 0 Å². The second-order valence-corrected chi connectivity index (χ2v) is 6.75. The predicted octanol–water partition coefficient (Wildman–Crippen LogP) is 3.73. The minimum atomic E-state index is -0.183. The van der Waals surface area contributed by atoms with Crippen LogP contribution in [-0.4, -0.2) is 35.4 Å². The summed E-state index contributed by atoms with van der Waals surface area (Å²) in [6.45, 7) is 2.28. The zero-order chi connectivity index (χ0) is 22.1. The maximum Gasteiger partial charge on any atom is 0.321 e. The van der Waals surface area contributed by atoms with E-state index in [1.807, 2.05) is 6.92 Å². The summed E-state index contributed by atoms with van der Waals surface area (Å²) < 4.78 is 10.7. The minimum Gasteiger partial charge on any atom is -0.497 e. The van der Waals surface area contributed by atoms with Crippen molar-refractivity contribution < 1.29 is 19.1 Å². The van der Waals surface area contributed by atoms with Crippen LogP contribution in [0.1, 0.15) is 28.8 Å². The van der Waals surface area contributed by atoms with Crippen LogP contribution < -0.4 is 20.1 Å². The first-order chi connectivity index (χ1) is 15.0. The summed E-state index contributed by atoms with van der Waals surface area (Å²) in [6.07, 6.45) is 4.02. The number of anilines is 1. The molecule has 31 heavy (non-hydrogen) atoms. The van der Waals surface area contributed by atoms with Crippen LogP contribution in [0.15, 0.2) is 60.9 Å². The molecule has 0 saturated heterocycles. The van der Waals surface area contributed by atoms with E-state index in [1.165, 1.54) is 0 Å². The van der Waals surface area contributed by atoms with Crippen molar-refractivity contribution in [1.29, 1.82) is 0 Å². The number of carbonyl (C=O) groups is 2. The molecule has 3 aromatic rings. The van der Waals surface area contributed by atoms with Gasteiger partial charge in [0, 0.05) is 36.6 Å². The van der Waals surface area contributed by atoms with Crippen molar-refractivity contribution >= 4 is 17.5 Å². The quantitative estimate of drug-likeness (QED) is 0.511. The van der Waals surface area contributed by atoms with Crippen molar-refractivity contribution in [1.82, 2.24) is 15.3 Å². The third kappa shape index (κ3) is 6.53. The fourth-order valence-electron chi connectivity index (χ4n) is 2.79. The van der Waals surface area contributed by atoms with Gasteiger partial charge in [0.2, 0.25) is 5.91 Å². The van der Waals surface area contributed by atoms with Crippen molar-refractivity contribution in [3.63, 3.8) is 0 Å². The van der Waals surface area contributed by atoms with Crippen LogP contribution in [0.5, 0.6) is 17.5 Å². The Balaban J connectivity index is 1.42. The fraction of sp³-hybridized carbons (Fsp3) is 0.217. The number of ether oxygens (including phenoxy) is 2. The van der Waals surface area contributed by atoms with Gasteiger partial charge in [-0.2, -0.15) is 0 Å². The van der Waals surface area contributed by atoms with E-state index in [-0.39, 0.29) is 17.8 Å². The summed E-state index contributed by atoms with van der Waals surface area (Å²) in [6, 6.07) is 14.1. The standard InChI is InChI=1S/C23H24N4O4/c1-16-15-19(31-23-25-13-4-14-26-23)10-11-20(16)27-21(28)5-3-12-24-22(29)17-6-8-18(30-2)9-7-17/h4,6-11,13-15H,3,5,12H2,1-2H3,(H,24,29)(H,27,28). The topological polar surface area (TPSA) is 102 Å². The molecule has 3 rings (SSSR count).